The van der Waals surface area contributed by atoms with Crippen LogP contribution in [0.1, 0.15) is 17.0 Å². The number of likely N-dealkylation sites (N-methyl/N-ethyl adjacent to an activating group) is 1. The van der Waals surface area contributed by atoms with Gasteiger partial charge in [0.05, 0.1) is 23.6 Å². The summed E-state index contributed by atoms with van der Waals surface area (Å²) in [6, 6.07) is 3.25. The number of benzene rings is 1. The molecule has 4 rings (SSSR count). The number of rotatable bonds is 7. The molecule has 0 bridgehead atoms. The minimum atomic E-state index is -2.92. The fourth-order valence-electron chi connectivity index (χ4n) is 6.05. The van der Waals surface area contributed by atoms with Gasteiger partial charge in [-0.2, -0.15) is 11.8 Å². The van der Waals surface area contributed by atoms with Gasteiger partial charge < -0.3 is 36.2 Å². The van der Waals surface area contributed by atoms with E-state index in [0.717, 1.165) is 12.3 Å². The van der Waals surface area contributed by atoms with E-state index in [0.29, 0.717) is 11.3 Å². The number of ketones is 2. The van der Waals surface area contributed by atoms with E-state index in [1.165, 1.54) is 25.1 Å². The Morgan fingerprint density at radius 3 is 2.37 bits per heavy atom. The molecule has 3 aliphatic carbocycles. The lowest BCUT2D eigenvalue weighted by Crippen LogP contribution is -2.70. The molecule has 0 aromatic heterocycles. The molecule has 0 spiro atoms. The van der Waals surface area contributed by atoms with Crippen molar-refractivity contribution in [3.8, 4) is 5.75 Å². The molecule has 206 valence electrons. The van der Waals surface area contributed by atoms with Gasteiger partial charge >= 0.3 is 0 Å². The number of primary amides is 1. The molecule has 0 unspecified atom stereocenters. The number of nitrogens with two attached hydrogens (primary N) is 1. The number of carbonyl (C=O) groups excluding carboxylic acids is 3. The molecule has 1 aromatic carbocycles. The van der Waals surface area contributed by atoms with Crippen LogP contribution >= 0.6 is 11.8 Å². The fourth-order valence-corrected chi connectivity index (χ4v) is 7.35. The summed E-state index contributed by atoms with van der Waals surface area (Å²) in [5, 5.41) is 56.5. The van der Waals surface area contributed by atoms with Gasteiger partial charge in [0.25, 0.3) is 5.91 Å². The average Bonchev–Trinajstić information content (AvgIpc) is 2.82. The highest BCUT2D eigenvalue weighted by molar-refractivity contribution is 7.99. The zero-order valence-electron chi connectivity index (χ0n) is 21.6. The predicted molar refractivity (Wildman–Crippen MR) is 141 cm³/mol. The maximum atomic E-state index is 14.1. The standard InChI is InChI=1S/C26H33N3O8S/c1-28(2)8-9-38-10-12-11-6-5-7-13(30)14(11)20(31)16-15(12)21(32)18-19(29(3)4)22(33)17(25(27)36)24(35)26(18,37)23(16)34/h5-7,12,15,18-19,21,30-32,35,37H,8-10H2,1-4H3,(H2,27,36)/t12-,15+,18+,19+,21+,26-/m1/s1. The Morgan fingerprint density at radius 1 is 1.13 bits per heavy atom. The van der Waals surface area contributed by atoms with Crippen LogP contribution in [0.2, 0.25) is 0 Å². The first-order valence-corrected chi connectivity index (χ1v) is 13.3. The summed E-state index contributed by atoms with van der Waals surface area (Å²) in [5.74, 6) is -7.76. The smallest absolute Gasteiger partial charge is 0.255 e. The van der Waals surface area contributed by atoms with Crippen LogP contribution < -0.4 is 5.73 Å². The highest BCUT2D eigenvalue weighted by atomic mass is 32.2. The van der Waals surface area contributed by atoms with Crippen molar-refractivity contribution in [2.24, 2.45) is 17.6 Å². The second kappa shape index (κ2) is 10.0. The molecule has 1 saturated carbocycles. The predicted octanol–water partition coefficient (Wildman–Crippen LogP) is -0.229. The number of carbonyl (C=O) groups is 3. The van der Waals surface area contributed by atoms with E-state index in [2.05, 4.69) is 0 Å². The highest BCUT2D eigenvalue weighted by Gasteiger charge is 2.68. The van der Waals surface area contributed by atoms with Crippen LogP contribution in [0, 0.1) is 11.8 Å². The summed E-state index contributed by atoms with van der Waals surface area (Å²) in [6.07, 6.45) is -1.61. The Bertz CT molecular complexity index is 1260. The second-order valence-electron chi connectivity index (χ2n) is 10.5. The average molecular weight is 548 g/mol. The van der Waals surface area contributed by atoms with Crippen molar-refractivity contribution < 1.29 is 39.9 Å². The summed E-state index contributed by atoms with van der Waals surface area (Å²) in [5.41, 5.74) is 1.61. The lowest BCUT2D eigenvalue weighted by Gasteiger charge is -2.54. The van der Waals surface area contributed by atoms with Crippen molar-refractivity contribution in [1.29, 1.82) is 0 Å². The first kappa shape index (κ1) is 28.1. The molecule has 0 radical (unpaired) electrons. The van der Waals surface area contributed by atoms with Crippen molar-refractivity contribution in [3.05, 3.63) is 46.2 Å². The molecule has 3 aliphatic rings. The van der Waals surface area contributed by atoms with Gasteiger partial charge in [-0.25, -0.2) is 0 Å². The van der Waals surface area contributed by atoms with Gasteiger partial charge in [-0.15, -0.1) is 0 Å². The van der Waals surface area contributed by atoms with E-state index in [-0.39, 0.29) is 16.9 Å². The maximum absolute atomic E-state index is 14.1. The first-order valence-electron chi connectivity index (χ1n) is 12.1. The Balaban J connectivity index is 1.95. The number of thioether (sulfide) groups is 1. The second-order valence-corrected chi connectivity index (χ2v) is 11.6. The topological polar surface area (TPSA) is 185 Å². The molecule has 6 atom stereocenters. The number of nitrogens with zero attached hydrogens (tertiary/aromatic N) is 2. The van der Waals surface area contributed by atoms with E-state index in [4.69, 9.17) is 5.73 Å². The van der Waals surface area contributed by atoms with Crippen LogP contribution in [0.25, 0.3) is 5.76 Å². The summed E-state index contributed by atoms with van der Waals surface area (Å²) < 4.78 is 0. The van der Waals surface area contributed by atoms with Gasteiger partial charge in [-0.05, 0) is 39.8 Å². The van der Waals surface area contributed by atoms with E-state index in [1.54, 1.807) is 23.9 Å². The third kappa shape index (κ3) is 4.02. The fraction of sp³-hybridized carbons (Fsp3) is 0.500. The normalized spacial score (nSPS) is 31.0. The van der Waals surface area contributed by atoms with E-state index in [9.17, 15) is 39.9 Å². The largest absolute Gasteiger partial charge is 0.508 e. The Hall–Kier alpha value is -2.90. The summed E-state index contributed by atoms with van der Waals surface area (Å²) in [6.45, 7) is 0.762. The molecule has 1 amide bonds. The molecule has 1 aromatic rings. The number of fused-ring (bicyclic) bond motifs is 3. The molecular weight excluding hydrogens is 514 g/mol. The third-order valence-electron chi connectivity index (χ3n) is 7.78. The SMILES string of the molecule is CN(C)CCSC[C@@H]1c2cccc(O)c2C(O)=C2C(=O)[C@@]3(O)C(O)=C(C(N)=O)C(=O)[C@@H](N(C)C)[C@H]3[C@@H](O)[C@H]21. The number of aromatic hydroxyl groups is 1. The highest BCUT2D eigenvalue weighted by Crippen LogP contribution is 2.56. The number of aliphatic hydroxyl groups excluding tert-OH is 3. The summed E-state index contributed by atoms with van der Waals surface area (Å²) in [4.78, 5) is 42.8. The zero-order valence-corrected chi connectivity index (χ0v) is 22.4. The lowest BCUT2D eigenvalue weighted by atomic mass is 9.54. The van der Waals surface area contributed by atoms with E-state index >= 15 is 0 Å². The van der Waals surface area contributed by atoms with Crippen molar-refractivity contribution in [2.45, 2.75) is 23.7 Å². The maximum Gasteiger partial charge on any atom is 0.255 e. The number of amides is 1. The monoisotopic (exact) mass is 547 g/mol. The van der Waals surface area contributed by atoms with Crippen molar-refractivity contribution in [2.75, 3.05) is 46.2 Å². The van der Waals surface area contributed by atoms with Crippen LogP contribution in [0.15, 0.2) is 35.1 Å². The quantitative estimate of drug-likeness (QED) is 0.196. The van der Waals surface area contributed by atoms with Crippen LogP contribution in [-0.2, 0) is 14.4 Å². The summed E-state index contributed by atoms with van der Waals surface area (Å²) in [7, 11) is 6.82. The first-order chi connectivity index (χ1) is 17.8. The number of aliphatic hydroxyl groups is 4. The van der Waals surface area contributed by atoms with Gasteiger partial charge in [-0.3, -0.25) is 19.3 Å². The Labute approximate surface area is 224 Å². The van der Waals surface area contributed by atoms with E-state index < -0.39 is 70.1 Å². The van der Waals surface area contributed by atoms with Gasteiger partial charge in [0.15, 0.2) is 11.4 Å². The Kier molecular flexibility index (Phi) is 7.40. The Morgan fingerprint density at radius 2 is 1.79 bits per heavy atom. The minimum absolute atomic E-state index is 0.00537. The molecule has 1 fully saturated rings. The lowest BCUT2D eigenvalue weighted by molar-refractivity contribution is -0.169. The third-order valence-corrected chi connectivity index (χ3v) is 8.84. The molecule has 7 N–H and O–H groups in total. The van der Waals surface area contributed by atoms with Crippen LogP contribution in [0.3, 0.4) is 0 Å². The molecular formula is C26H33N3O8S. The molecule has 0 heterocycles. The summed E-state index contributed by atoms with van der Waals surface area (Å²) >= 11 is 1.55. The van der Waals surface area contributed by atoms with E-state index in [1.807, 2.05) is 19.0 Å². The van der Waals surface area contributed by atoms with Crippen molar-refractivity contribution in [3.63, 3.8) is 0 Å². The molecule has 38 heavy (non-hydrogen) atoms. The number of hydrogen-bond acceptors (Lipinski definition) is 11. The number of hydrogen-bond donors (Lipinski definition) is 6. The molecule has 12 heteroatoms. The number of phenolic OH excluding ortho intramolecular Hbond substituents is 1. The van der Waals surface area contributed by atoms with Gasteiger partial charge in [0.1, 0.15) is 22.8 Å². The van der Waals surface area contributed by atoms with Crippen LogP contribution in [0.5, 0.6) is 5.75 Å². The number of Topliss-reactive ketones (excluding diaryl/α,β-unsaturated/α-hetero) is 2. The zero-order chi connectivity index (χ0) is 28.3. The van der Waals surface area contributed by atoms with Gasteiger partial charge in [0.2, 0.25) is 5.78 Å². The minimum Gasteiger partial charge on any atom is -0.508 e. The van der Waals surface area contributed by atoms with Crippen molar-refractivity contribution in [1.82, 2.24) is 9.80 Å². The van der Waals surface area contributed by atoms with Crippen LogP contribution in [-0.4, -0.2) is 117 Å². The molecule has 0 aliphatic heterocycles. The molecule has 0 saturated heterocycles. The van der Waals surface area contributed by atoms with Crippen LogP contribution in [0.4, 0.5) is 0 Å². The van der Waals surface area contributed by atoms with Gasteiger partial charge in [-0.1, -0.05) is 12.1 Å². The van der Waals surface area contributed by atoms with Gasteiger partial charge in [0, 0.05) is 35.5 Å². The number of phenols is 1. The molecule has 11 nitrogen and oxygen atoms in total. The van der Waals surface area contributed by atoms with Crippen molar-refractivity contribution >= 4 is 35.0 Å².